The minimum Gasteiger partial charge on any atom is -0.401 e. The highest BCUT2D eigenvalue weighted by atomic mass is 15.4. The zero-order valence-corrected chi connectivity index (χ0v) is 5.76. The van der Waals surface area contributed by atoms with Gasteiger partial charge in [0.25, 0.3) is 0 Å². The van der Waals surface area contributed by atoms with Crippen LogP contribution in [-0.2, 0) is 0 Å². The van der Waals surface area contributed by atoms with E-state index >= 15 is 0 Å². The average molecular weight is 125 g/mol. The van der Waals surface area contributed by atoms with E-state index in [0.29, 0.717) is 0 Å². The largest absolute Gasteiger partial charge is 0.401 e. The van der Waals surface area contributed by atoms with Crippen LogP contribution < -0.4 is 5.73 Å². The predicted octanol–water partition coefficient (Wildman–Crippen LogP) is 0.498. The average Bonchev–Trinajstić information content (AvgIpc) is 1.59. The zero-order chi connectivity index (χ0) is 6.85. The second kappa shape index (κ2) is 2.09. The Balaban J connectivity index is 2.69. The maximum absolute atomic E-state index is 5.55. The monoisotopic (exact) mass is 125 g/mol. The molecule has 0 aliphatic carbocycles. The fraction of sp³-hybridized carbons (Fsp3) is 0.500. The Morgan fingerprint density at radius 3 is 2.89 bits per heavy atom. The van der Waals surface area contributed by atoms with E-state index in [1.807, 2.05) is 20.2 Å². The van der Waals surface area contributed by atoms with Crippen LogP contribution in [0.15, 0.2) is 17.0 Å². The lowest BCUT2D eigenvalue weighted by molar-refractivity contribution is 0.474. The highest BCUT2D eigenvalue weighted by Crippen LogP contribution is 2.04. The molecule has 0 aromatic carbocycles. The summed E-state index contributed by atoms with van der Waals surface area (Å²) in [6.45, 7) is 1.97. The summed E-state index contributed by atoms with van der Waals surface area (Å²) < 4.78 is 0. The third-order valence-electron chi connectivity index (χ3n) is 1.14. The van der Waals surface area contributed by atoms with Gasteiger partial charge in [0.1, 0.15) is 0 Å². The molecule has 0 fully saturated rings. The Hall–Kier alpha value is -0.990. The lowest BCUT2D eigenvalue weighted by Crippen LogP contribution is -2.17. The fourth-order valence-corrected chi connectivity index (χ4v) is 0.915. The van der Waals surface area contributed by atoms with Gasteiger partial charge in [-0.25, -0.2) is 0 Å². The molecule has 0 radical (unpaired) electrons. The van der Waals surface area contributed by atoms with Crippen LogP contribution in [0.1, 0.15) is 13.3 Å². The first-order valence-electron chi connectivity index (χ1n) is 2.91. The SMILES string of the molecule is CC1=NN(C)C=C(N)C1. The van der Waals surface area contributed by atoms with Gasteiger partial charge in [-0.1, -0.05) is 0 Å². The van der Waals surface area contributed by atoms with E-state index < -0.39 is 0 Å². The van der Waals surface area contributed by atoms with Crippen LogP contribution in [0.5, 0.6) is 0 Å². The highest BCUT2D eigenvalue weighted by molar-refractivity contribution is 5.84. The van der Waals surface area contributed by atoms with Gasteiger partial charge in [0.05, 0.1) is 0 Å². The minimum atomic E-state index is 0.810. The van der Waals surface area contributed by atoms with Crippen LogP contribution in [0.2, 0.25) is 0 Å². The predicted molar refractivity (Wildman–Crippen MR) is 37.8 cm³/mol. The molecule has 2 N–H and O–H groups in total. The molecule has 0 saturated heterocycles. The molecule has 0 unspecified atom stereocenters. The molecule has 0 spiro atoms. The number of hydrogen-bond donors (Lipinski definition) is 1. The number of hydrazone groups is 1. The van der Waals surface area contributed by atoms with Gasteiger partial charge in [-0.15, -0.1) is 0 Å². The standard InChI is InChI=1S/C6H11N3/c1-5-3-6(7)4-9(2)8-5/h4H,3,7H2,1-2H3. The lowest BCUT2D eigenvalue weighted by Gasteiger charge is -2.15. The molecule has 1 aliphatic heterocycles. The van der Waals surface area contributed by atoms with E-state index in [2.05, 4.69) is 5.10 Å². The normalized spacial score (nSPS) is 19.1. The molecule has 50 valence electrons. The van der Waals surface area contributed by atoms with Crippen molar-refractivity contribution in [2.24, 2.45) is 10.8 Å². The Morgan fingerprint density at radius 1 is 1.78 bits per heavy atom. The molecular weight excluding hydrogens is 114 g/mol. The molecule has 0 amide bonds. The number of allylic oxidation sites excluding steroid dienone is 1. The van der Waals surface area contributed by atoms with Crippen molar-refractivity contribution in [3.8, 4) is 0 Å². The van der Waals surface area contributed by atoms with Crippen molar-refractivity contribution in [2.75, 3.05) is 7.05 Å². The summed E-state index contributed by atoms with van der Waals surface area (Å²) in [4.78, 5) is 0. The number of hydrogen-bond acceptors (Lipinski definition) is 3. The van der Waals surface area contributed by atoms with E-state index in [1.54, 1.807) is 5.01 Å². The van der Waals surface area contributed by atoms with Crippen molar-refractivity contribution in [3.05, 3.63) is 11.9 Å². The molecule has 0 aromatic heterocycles. The summed E-state index contributed by atoms with van der Waals surface area (Å²) in [5, 5.41) is 5.86. The lowest BCUT2D eigenvalue weighted by atomic mass is 10.2. The van der Waals surface area contributed by atoms with Gasteiger partial charge >= 0.3 is 0 Å². The molecule has 0 atom stereocenters. The summed E-state index contributed by atoms with van der Waals surface area (Å²) in [6.07, 6.45) is 2.64. The molecule has 3 nitrogen and oxygen atoms in total. The van der Waals surface area contributed by atoms with Gasteiger partial charge in [-0.05, 0) is 6.92 Å². The van der Waals surface area contributed by atoms with Gasteiger partial charge in [0.2, 0.25) is 0 Å². The molecule has 1 rings (SSSR count). The summed E-state index contributed by atoms with van der Waals surface area (Å²) in [6, 6.07) is 0. The van der Waals surface area contributed by atoms with Crippen LogP contribution in [0.25, 0.3) is 0 Å². The quantitative estimate of drug-likeness (QED) is 0.512. The van der Waals surface area contributed by atoms with Crippen molar-refractivity contribution in [1.29, 1.82) is 0 Å². The molecule has 0 bridgehead atoms. The van der Waals surface area contributed by atoms with Gasteiger partial charge in [-0.2, -0.15) is 5.10 Å². The van der Waals surface area contributed by atoms with Crippen LogP contribution in [0, 0.1) is 0 Å². The molecule has 1 aliphatic rings. The summed E-state index contributed by atoms with van der Waals surface area (Å²) in [7, 11) is 1.87. The summed E-state index contributed by atoms with van der Waals surface area (Å²) in [5.41, 5.74) is 7.50. The number of nitrogens with two attached hydrogens (primary N) is 1. The zero-order valence-electron chi connectivity index (χ0n) is 5.76. The maximum Gasteiger partial charge on any atom is 0.0420 e. The van der Waals surface area contributed by atoms with Crippen molar-refractivity contribution < 1.29 is 0 Å². The van der Waals surface area contributed by atoms with Crippen LogP contribution >= 0.6 is 0 Å². The minimum absolute atomic E-state index is 0.810. The summed E-state index contributed by atoms with van der Waals surface area (Å²) >= 11 is 0. The number of rotatable bonds is 0. The van der Waals surface area contributed by atoms with Gasteiger partial charge in [-0.3, -0.25) is 5.01 Å². The van der Waals surface area contributed by atoms with Crippen LogP contribution in [0.4, 0.5) is 0 Å². The molecule has 1 heterocycles. The Morgan fingerprint density at radius 2 is 2.44 bits per heavy atom. The van der Waals surface area contributed by atoms with Crippen LogP contribution in [0.3, 0.4) is 0 Å². The summed E-state index contributed by atoms with van der Waals surface area (Å²) in [5.74, 6) is 0. The Kier molecular flexibility index (Phi) is 1.42. The first-order chi connectivity index (χ1) is 4.18. The van der Waals surface area contributed by atoms with Crippen molar-refractivity contribution in [1.82, 2.24) is 5.01 Å². The first kappa shape index (κ1) is 6.13. The smallest absolute Gasteiger partial charge is 0.0420 e. The van der Waals surface area contributed by atoms with Crippen LogP contribution in [-0.4, -0.2) is 17.8 Å². The Bertz CT molecular complexity index is 151. The van der Waals surface area contributed by atoms with Gasteiger partial charge < -0.3 is 5.73 Å². The molecule has 0 aromatic rings. The van der Waals surface area contributed by atoms with E-state index in [-0.39, 0.29) is 0 Å². The second-order valence-electron chi connectivity index (χ2n) is 2.29. The van der Waals surface area contributed by atoms with E-state index in [9.17, 15) is 0 Å². The highest BCUT2D eigenvalue weighted by Gasteiger charge is 2.02. The third kappa shape index (κ3) is 1.45. The van der Waals surface area contributed by atoms with Gasteiger partial charge in [0, 0.05) is 31.1 Å². The third-order valence-corrected chi connectivity index (χ3v) is 1.14. The molecule has 0 saturated carbocycles. The molecule has 3 heteroatoms. The molecule has 9 heavy (non-hydrogen) atoms. The van der Waals surface area contributed by atoms with Crippen molar-refractivity contribution >= 4 is 5.71 Å². The van der Waals surface area contributed by atoms with E-state index in [4.69, 9.17) is 5.73 Å². The maximum atomic E-state index is 5.55. The molecular formula is C6H11N3. The van der Waals surface area contributed by atoms with E-state index in [0.717, 1.165) is 17.8 Å². The first-order valence-corrected chi connectivity index (χ1v) is 2.91. The van der Waals surface area contributed by atoms with E-state index in [1.165, 1.54) is 0 Å². The fourth-order valence-electron chi connectivity index (χ4n) is 0.915. The second-order valence-corrected chi connectivity index (χ2v) is 2.29. The van der Waals surface area contributed by atoms with Crippen molar-refractivity contribution in [2.45, 2.75) is 13.3 Å². The van der Waals surface area contributed by atoms with Crippen molar-refractivity contribution in [3.63, 3.8) is 0 Å². The topological polar surface area (TPSA) is 41.6 Å². The number of nitrogens with zero attached hydrogens (tertiary/aromatic N) is 2. The Labute approximate surface area is 54.8 Å². The van der Waals surface area contributed by atoms with Gasteiger partial charge in [0.15, 0.2) is 0 Å².